The summed E-state index contributed by atoms with van der Waals surface area (Å²) in [4.78, 5) is 29.0. The highest BCUT2D eigenvalue weighted by molar-refractivity contribution is 5.84. The van der Waals surface area contributed by atoms with Gasteiger partial charge in [0.2, 0.25) is 5.91 Å². The van der Waals surface area contributed by atoms with Crippen molar-refractivity contribution in [2.45, 2.75) is 53.1 Å². The zero-order valence-electron chi connectivity index (χ0n) is 15.9. The van der Waals surface area contributed by atoms with Gasteiger partial charge in [-0.2, -0.15) is 0 Å². The van der Waals surface area contributed by atoms with E-state index < -0.39 is 5.60 Å². The third-order valence-electron chi connectivity index (χ3n) is 5.23. The molecule has 0 aromatic carbocycles. The van der Waals surface area contributed by atoms with Crippen molar-refractivity contribution < 1.29 is 9.90 Å². The minimum atomic E-state index is -0.951. The number of hydrogen-bond donors (Lipinski definition) is 3. The van der Waals surface area contributed by atoms with E-state index >= 15 is 0 Å². The lowest BCUT2D eigenvalue weighted by molar-refractivity contribution is -0.122. The molecular weight excluding hydrogens is 320 g/mol. The van der Waals surface area contributed by atoms with Gasteiger partial charge in [0.15, 0.2) is 5.65 Å². The van der Waals surface area contributed by atoms with Gasteiger partial charge >= 0.3 is 0 Å². The van der Waals surface area contributed by atoms with Crippen LogP contribution in [0.5, 0.6) is 0 Å². The first-order valence-electron chi connectivity index (χ1n) is 8.62. The van der Waals surface area contributed by atoms with Crippen LogP contribution in [0, 0.1) is 19.8 Å². The van der Waals surface area contributed by atoms with Gasteiger partial charge in [-0.25, -0.2) is 4.98 Å². The number of carbonyl (C=O) groups excluding carboxylic acids is 1. The molecule has 3 N–H and O–H groups in total. The largest absolute Gasteiger partial charge is 0.388 e. The van der Waals surface area contributed by atoms with E-state index in [9.17, 15) is 14.7 Å². The Balaban J connectivity index is 2.21. The number of H-pyrrole nitrogens is 1. The van der Waals surface area contributed by atoms with Crippen LogP contribution in [0.2, 0.25) is 0 Å². The summed E-state index contributed by atoms with van der Waals surface area (Å²) in [5.74, 6) is -0.111. The van der Waals surface area contributed by atoms with Gasteiger partial charge in [0.25, 0.3) is 5.56 Å². The lowest BCUT2D eigenvalue weighted by atomic mass is 9.88. The van der Waals surface area contributed by atoms with Gasteiger partial charge in [-0.3, -0.25) is 19.4 Å². The molecule has 2 atom stereocenters. The molecule has 25 heavy (non-hydrogen) atoms. The third kappa shape index (κ3) is 3.76. The molecule has 1 amide bonds. The van der Waals surface area contributed by atoms with Crippen molar-refractivity contribution in [1.82, 2.24) is 20.1 Å². The molecule has 2 aromatic heterocycles. The Morgan fingerprint density at radius 2 is 2.08 bits per heavy atom. The number of pyridine rings is 1. The highest BCUT2D eigenvalue weighted by Crippen LogP contribution is 2.21. The van der Waals surface area contributed by atoms with E-state index in [1.165, 1.54) is 4.68 Å². The number of nitrogens with one attached hydrogen (secondary N) is 2. The second-order valence-corrected chi connectivity index (χ2v) is 7.12. The lowest BCUT2D eigenvalue weighted by Gasteiger charge is -2.29. The normalized spacial score (nSPS) is 15.2. The van der Waals surface area contributed by atoms with Crippen molar-refractivity contribution in [3.05, 3.63) is 27.2 Å². The summed E-state index contributed by atoms with van der Waals surface area (Å²) in [5.41, 5.74) is 1.68. The molecule has 0 bridgehead atoms. The second kappa shape index (κ2) is 7.00. The monoisotopic (exact) mass is 348 g/mol. The zero-order valence-corrected chi connectivity index (χ0v) is 15.9. The molecule has 0 aliphatic rings. The summed E-state index contributed by atoms with van der Waals surface area (Å²) in [5, 5.41) is 16.6. The predicted octanol–water partition coefficient (Wildman–Crippen LogP) is 1.33. The topological polar surface area (TPSA) is 100 Å². The van der Waals surface area contributed by atoms with E-state index in [0.717, 1.165) is 23.2 Å². The molecule has 2 heterocycles. The quantitative estimate of drug-likeness (QED) is 0.733. The average Bonchev–Trinajstić information content (AvgIpc) is 2.83. The van der Waals surface area contributed by atoms with Crippen LogP contribution < -0.4 is 10.9 Å². The van der Waals surface area contributed by atoms with Crippen molar-refractivity contribution in [2.75, 3.05) is 6.54 Å². The summed E-state index contributed by atoms with van der Waals surface area (Å²) in [6.07, 6.45) is 0.962. The average molecular weight is 348 g/mol. The minimum absolute atomic E-state index is 0.0807. The van der Waals surface area contributed by atoms with Gasteiger partial charge in [0, 0.05) is 19.3 Å². The minimum Gasteiger partial charge on any atom is -0.388 e. The van der Waals surface area contributed by atoms with Crippen molar-refractivity contribution in [1.29, 1.82) is 0 Å². The summed E-state index contributed by atoms with van der Waals surface area (Å²) >= 11 is 0. The number of amides is 1. The molecule has 0 saturated carbocycles. The Kier molecular flexibility index (Phi) is 5.37. The lowest BCUT2D eigenvalue weighted by Crippen LogP contribution is -2.45. The first-order valence-corrected chi connectivity index (χ1v) is 8.62. The Bertz CT molecular complexity index is 848. The molecule has 0 aliphatic heterocycles. The van der Waals surface area contributed by atoms with Gasteiger partial charge in [0.05, 0.1) is 17.4 Å². The fraction of sp³-hybridized carbons (Fsp3) is 0.611. The number of carbonyl (C=O) groups is 1. The summed E-state index contributed by atoms with van der Waals surface area (Å²) in [6, 6.07) is 0. The van der Waals surface area contributed by atoms with Crippen LogP contribution in [0.4, 0.5) is 0 Å². The van der Waals surface area contributed by atoms with E-state index in [2.05, 4.69) is 15.4 Å². The molecule has 2 rings (SSSR count). The van der Waals surface area contributed by atoms with Gasteiger partial charge in [-0.15, -0.1) is 0 Å². The Hall–Kier alpha value is -2.15. The number of aryl methyl sites for hydroxylation is 3. The molecule has 2 aromatic rings. The van der Waals surface area contributed by atoms with Crippen LogP contribution in [-0.4, -0.2) is 37.9 Å². The number of rotatable bonds is 6. The van der Waals surface area contributed by atoms with E-state index in [-0.39, 0.29) is 30.3 Å². The first-order chi connectivity index (χ1) is 11.6. The number of fused-ring (bicyclic) bond motifs is 1. The molecule has 138 valence electrons. The summed E-state index contributed by atoms with van der Waals surface area (Å²) in [6.45, 7) is 9.56. The molecule has 0 saturated heterocycles. The van der Waals surface area contributed by atoms with E-state index in [0.29, 0.717) is 11.0 Å². The zero-order chi connectivity index (χ0) is 18.9. The number of hydrogen-bond acceptors (Lipinski definition) is 4. The molecule has 0 spiro atoms. The first kappa shape index (κ1) is 19.2. The van der Waals surface area contributed by atoms with Crippen molar-refractivity contribution in [2.24, 2.45) is 13.0 Å². The third-order valence-corrected chi connectivity index (χ3v) is 5.23. The van der Waals surface area contributed by atoms with Crippen molar-refractivity contribution in [3.8, 4) is 0 Å². The number of nitrogens with zero attached hydrogens (tertiary/aromatic N) is 2. The van der Waals surface area contributed by atoms with Gasteiger partial charge < -0.3 is 10.4 Å². The van der Waals surface area contributed by atoms with Crippen LogP contribution in [0.25, 0.3) is 11.0 Å². The van der Waals surface area contributed by atoms with Crippen LogP contribution in [-0.2, 0) is 18.3 Å². The molecule has 0 radical (unpaired) electrons. The smallest absolute Gasteiger partial charge is 0.276 e. The summed E-state index contributed by atoms with van der Waals surface area (Å²) < 4.78 is 1.39. The summed E-state index contributed by atoms with van der Waals surface area (Å²) in [7, 11) is 1.64. The Morgan fingerprint density at radius 1 is 1.44 bits per heavy atom. The van der Waals surface area contributed by atoms with Gasteiger partial charge in [0.1, 0.15) is 0 Å². The highest BCUT2D eigenvalue weighted by atomic mass is 16.3. The van der Waals surface area contributed by atoms with E-state index in [1.807, 2.05) is 27.7 Å². The van der Waals surface area contributed by atoms with Crippen molar-refractivity contribution in [3.63, 3.8) is 0 Å². The number of aromatic nitrogens is 3. The standard InChI is InChI=1S/C18H28N4O3/c1-7-10(2)18(5,25)9-19-14(23)8-13-11(3)15-16(20-12(13)4)21-22(6)17(15)24/h10,25H,7-9H2,1-6H3,(H,19,23)(H,20,21). The molecule has 2 unspecified atom stereocenters. The fourth-order valence-electron chi connectivity index (χ4n) is 2.99. The Labute approximate surface area is 147 Å². The van der Waals surface area contributed by atoms with E-state index in [4.69, 9.17) is 0 Å². The van der Waals surface area contributed by atoms with Gasteiger partial charge in [-0.05, 0) is 37.8 Å². The fourth-order valence-corrected chi connectivity index (χ4v) is 2.99. The molecular formula is C18H28N4O3. The maximum Gasteiger partial charge on any atom is 0.276 e. The maximum atomic E-state index is 12.4. The number of aromatic amines is 1. The Morgan fingerprint density at radius 3 is 2.68 bits per heavy atom. The molecule has 0 aliphatic carbocycles. The van der Waals surface area contributed by atoms with Crippen LogP contribution in [0.3, 0.4) is 0 Å². The van der Waals surface area contributed by atoms with Crippen molar-refractivity contribution >= 4 is 16.9 Å². The predicted molar refractivity (Wildman–Crippen MR) is 97.6 cm³/mol. The van der Waals surface area contributed by atoms with Crippen LogP contribution in [0.15, 0.2) is 4.79 Å². The molecule has 7 nitrogen and oxygen atoms in total. The van der Waals surface area contributed by atoms with Crippen LogP contribution in [0.1, 0.15) is 44.0 Å². The maximum absolute atomic E-state index is 12.4. The van der Waals surface area contributed by atoms with Crippen LogP contribution >= 0.6 is 0 Å². The van der Waals surface area contributed by atoms with Gasteiger partial charge in [-0.1, -0.05) is 20.3 Å². The second-order valence-electron chi connectivity index (χ2n) is 7.12. The number of aliphatic hydroxyl groups is 1. The van der Waals surface area contributed by atoms with E-state index in [1.54, 1.807) is 14.0 Å². The molecule has 0 fully saturated rings. The SMILES string of the molecule is CCC(C)C(C)(O)CNC(=O)Cc1c(C)nc2[nH]n(C)c(=O)c2c1C. The highest BCUT2D eigenvalue weighted by Gasteiger charge is 2.27. The molecule has 7 heteroatoms.